The van der Waals surface area contributed by atoms with Crippen molar-refractivity contribution in [2.24, 2.45) is 0 Å². The Morgan fingerprint density at radius 2 is 2.04 bits per heavy atom. The lowest BCUT2D eigenvalue weighted by molar-refractivity contribution is -0.116. The summed E-state index contributed by atoms with van der Waals surface area (Å²) in [6.45, 7) is 0. The van der Waals surface area contributed by atoms with Gasteiger partial charge in [0.25, 0.3) is 0 Å². The molecule has 128 valence electrons. The first-order valence-electron chi connectivity index (χ1n) is 8.97. The third-order valence-corrected chi connectivity index (χ3v) is 7.23. The fraction of sp³-hybridized carbons (Fsp3) is 0.611. The molecule has 0 aliphatic heterocycles. The van der Waals surface area contributed by atoms with E-state index in [0.29, 0.717) is 11.8 Å². The molecule has 0 radical (unpaired) electrons. The second-order valence-corrected chi connectivity index (χ2v) is 8.98. The van der Waals surface area contributed by atoms with E-state index in [1.807, 2.05) is 0 Å². The molecule has 1 atom stereocenters. The van der Waals surface area contributed by atoms with Gasteiger partial charge in [-0.2, -0.15) is 0 Å². The topological polar surface area (TPSA) is 47.8 Å². The van der Waals surface area contributed by atoms with Crippen LogP contribution in [0.4, 0.5) is 0 Å². The quantitative estimate of drug-likeness (QED) is 0.778. The molecule has 2 heterocycles. The highest BCUT2D eigenvalue weighted by Crippen LogP contribution is 2.37. The molecule has 24 heavy (non-hydrogen) atoms. The van der Waals surface area contributed by atoms with E-state index in [9.17, 15) is 4.79 Å². The van der Waals surface area contributed by atoms with Crippen LogP contribution in [-0.2, 0) is 11.2 Å². The monoisotopic (exact) mass is 361 g/mol. The smallest absolute Gasteiger partial charge is 0.192 e. The van der Waals surface area contributed by atoms with Crippen LogP contribution in [0.2, 0.25) is 0 Å². The molecule has 2 aromatic heterocycles. The number of thiophene rings is 1. The highest BCUT2D eigenvalue weighted by Gasteiger charge is 2.30. The van der Waals surface area contributed by atoms with Crippen molar-refractivity contribution in [2.45, 2.75) is 74.2 Å². The van der Waals surface area contributed by atoms with Gasteiger partial charge >= 0.3 is 0 Å². The molecule has 4 rings (SSSR count). The lowest BCUT2D eigenvalue weighted by Crippen LogP contribution is -2.18. The molecule has 4 nitrogen and oxygen atoms in total. The Balaban J connectivity index is 1.62. The van der Waals surface area contributed by atoms with Crippen LogP contribution in [-0.4, -0.2) is 25.8 Å². The Morgan fingerprint density at radius 3 is 2.75 bits per heavy atom. The fourth-order valence-corrected chi connectivity index (χ4v) is 5.76. The molecular formula is C18H23N3OS2. The summed E-state index contributed by atoms with van der Waals surface area (Å²) in [5.74, 6) is 1.45. The minimum Gasteiger partial charge on any atom is -0.303 e. The molecule has 2 fully saturated rings. The molecule has 2 aromatic rings. The Morgan fingerprint density at radius 1 is 1.17 bits per heavy atom. The van der Waals surface area contributed by atoms with E-state index in [4.69, 9.17) is 0 Å². The number of nitrogens with zero attached hydrogens (tertiary/aromatic N) is 3. The first-order valence-corrected chi connectivity index (χ1v) is 10.7. The van der Waals surface area contributed by atoms with Crippen molar-refractivity contribution in [1.82, 2.24) is 14.8 Å². The molecule has 2 saturated carbocycles. The summed E-state index contributed by atoms with van der Waals surface area (Å²) in [5, 5.41) is 12.2. The van der Waals surface area contributed by atoms with Gasteiger partial charge in [-0.15, -0.1) is 21.5 Å². The Kier molecular flexibility index (Phi) is 5.03. The molecule has 0 spiro atoms. The van der Waals surface area contributed by atoms with E-state index in [1.54, 1.807) is 23.1 Å². The molecule has 0 aromatic carbocycles. The van der Waals surface area contributed by atoms with Gasteiger partial charge in [-0.25, -0.2) is 0 Å². The van der Waals surface area contributed by atoms with Gasteiger partial charge in [0.1, 0.15) is 11.6 Å². The number of thioether (sulfide) groups is 1. The van der Waals surface area contributed by atoms with E-state index in [-0.39, 0.29) is 5.25 Å². The maximum absolute atomic E-state index is 12.1. The molecule has 0 saturated heterocycles. The van der Waals surface area contributed by atoms with Crippen LogP contribution >= 0.6 is 23.1 Å². The maximum Gasteiger partial charge on any atom is 0.192 e. The second kappa shape index (κ2) is 7.40. The number of rotatable bonds is 5. The van der Waals surface area contributed by atoms with Crippen molar-refractivity contribution >= 4 is 28.9 Å². The van der Waals surface area contributed by atoms with Crippen molar-refractivity contribution in [1.29, 1.82) is 0 Å². The largest absolute Gasteiger partial charge is 0.303 e. The van der Waals surface area contributed by atoms with Gasteiger partial charge < -0.3 is 4.57 Å². The van der Waals surface area contributed by atoms with E-state index in [1.165, 1.54) is 37.0 Å². The highest BCUT2D eigenvalue weighted by molar-refractivity contribution is 8.00. The molecular weight excluding hydrogens is 338 g/mol. The summed E-state index contributed by atoms with van der Waals surface area (Å²) in [4.78, 5) is 13.4. The Labute approximate surface area is 151 Å². The average molecular weight is 362 g/mol. The van der Waals surface area contributed by atoms with Crippen LogP contribution in [0.5, 0.6) is 0 Å². The third-order valence-electron chi connectivity index (χ3n) is 5.08. The number of hydrogen-bond acceptors (Lipinski definition) is 5. The minimum atomic E-state index is 0.0890. The first-order chi connectivity index (χ1) is 11.8. The minimum absolute atomic E-state index is 0.0890. The van der Waals surface area contributed by atoms with Crippen molar-refractivity contribution in [3.05, 3.63) is 28.2 Å². The number of carbonyl (C=O) groups is 1. The number of hydrogen-bond donors (Lipinski definition) is 0. The van der Waals surface area contributed by atoms with Gasteiger partial charge in [0.05, 0.1) is 5.25 Å². The third kappa shape index (κ3) is 3.45. The molecule has 0 bridgehead atoms. The highest BCUT2D eigenvalue weighted by atomic mass is 32.2. The van der Waals surface area contributed by atoms with Crippen LogP contribution in [0.1, 0.15) is 68.1 Å². The Hall–Kier alpha value is -1.14. The number of carbonyl (C=O) groups excluding carboxylic acids is 1. The zero-order chi connectivity index (χ0) is 16.4. The summed E-state index contributed by atoms with van der Waals surface area (Å²) < 4.78 is 2.37. The van der Waals surface area contributed by atoms with E-state index in [2.05, 4.69) is 32.3 Å². The van der Waals surface area contributed by atoms with E-state index < -0.39 is 0 Å². The molecule has 0 unspecified atom stereocenters. The Bertz CT molecular complexity index is 689. The van der Waals surface area contributed by atoms with Crippen LogP contribution in [0.3, 0.4) is 0 Å². The molecule has 2 aliphatic rings. The standard InChI is InChI=1S/C18H23N3OS2/c22-15-9-4-10-16(15)24-18-20-19-17(12-14-8-5-11-23-14)21(18)13-6-2-1-3-7-13/h5,8,11,13,16H,1-4,6-7,9-10,12H2/t16-/m0/s1. The number of Topliss-reactive ketones (excluding diaryl/α,β-unsaturated/α-hetero) is 1. The zero-order valence-corrected chi connectivity index (χ0v) is 15.5. The predicted octanol–water partition coefficient (Wildman–Crippen LogP) is 4.65. The van der Waals surface area contributed by atoms with Gasteiger partial charge in [-0.1, -0.05) is 37.1 Å². The van der Waals surface area contributed by atoms with Crippen molar-refractivity contribution in [2.75, 3.05) is 0 Å². The average Bonchev–Trinajstić information content (AvgIpc) is 3.33. The van der Waals surface area contributed by atoms with Crippen LogP contribution < -0.4 is 0 Å². The fourth-order valence-electron chi connectivity index (χ4n) is 3.82. The zero-order valence-electron chi connectivity index (χ0n) is 13.8. The summed E-state index contributed by atoms with van der Waals surface area (Å²) in [7, 11) is 0. The van der Waals surface area contributed by atoms with E-state index in [0.717, 1.165) is 36.7 Å². The number of ketones is 1. The van der Waals surface area contributed by atoms with Gasteiger partial charge in [0.2, 0.25) is 0 Å². The van der Waals surface area contributed by atoms with Crippen LogP contribution in [0, 0.1) is 0 Å². The van der Waals surface area contributed by atoms with Gasteiger partial charge in [-0.3, -0.25) is 4.79 Å². The van der Waals surface area contributed by atoms with Crippen LogP contribution in [0.25, 0.3) is 0 Å². The predicted molar refractivity (Wildman–Crippen MR) is 97.8 cm³/mol. The summed E-state index contributed by atoms with van der Waals surface area (Å²) >= 11 is 3.43. The van der Waals surface area contributed by atoms with E-state index >= 15 is 0 Å². The lowest BCUT2D eigenvalue weighted by atomic mass is 9.95. The summed E-state index contributed by atoms with van der Waals surface area (Å²) in [6, 6.07) is 4.76. The van der Waals surface area contributed by atoms with Crippen LogP contribution in [0.15, 0.2) is 22.7 Å². The summed E-state index contributed by atoms with van der Waals surface area (Å²) in [5.41, 5.74) is 0. The summed E-state index contributed by atoms with van der Waals surface area (Å²) in [6.07, 6.45) is 9.92. The normalized spacial score (nSPS) is 22.3. The van der Waals surface area contributed by atoms with Crippen molar-refractivity contribution in [3.63, 3.8) is 0 Å². The van der Waals surface area contributed by atoms with Crippen molar-refractivity contribution < 1.29 is 4.79 Å². The molecule has 2 aliphatic carbocycles. The first kappa shape index (κ1) is 16.3. The van der Waals surface area contributed by atoms with Gasteiger partial charge in [-0.05, 0) is 37.1 Å². The molecule has 0 N–H and O–H groups in total. The molecule has 6 heteroatoms. The van der Waals surface area contributed by atoms with Crippen molar-refractivity contribution in [3.8, 4) is 0 Å². The maximum atomic E-state index is 12.1. The lowest BCUT2D eigenvalue weighted by Gasteiger charge is -2.26. The molecule has 0 amide bonds. The second-order valence-electron chi connectivity index (χ2n) is 6.78. The SMILES string of the molecule is O=C1CCC[C@@H]1Sc1nnc(Cc2cccs2)n1C1CCCCC1. The number of aromatic nitrogens is 3. The van der Waals surface area contributed by atoms with Gasteiger partial charge in [0, 0.05) is 23.8 Å². The van der Waals surface area contributed by atoms with Gasteiger partial charge in [0.15, 0.2) is 5.16 Å².